The van der Waals surface area contributed by atoms with Crippen molar-refractivity contribution in [2.75, 3.05) is 13.2 Å². The van der Waals surface area contributed by atoms with Gasteiger partial charge in [0.15, 0.2) is 24.5 Å². The first-order chi connectivity index (χ1) is 16.9. The number of ether oxygens (including phenoxy) is 5. The van der Waals surface area contributed by atoms with E-state index < -0.39 is 61.1 Å². The van der Waals surface area contributed by atoms with Gasteiger partial charge in [-0.2, -0.15) is 5.26 Å². The van der Waals surface area contributed by atoms with Crippen molar-refractivity contribution < 1.29 is 47.7 Å². The molecular weight excluding hydrogens is 476 g/mol. The molecule has 1 amide bonds. The Bertz CT molecular complexity index is 1030. The molecule has 36 heavy (non-hydrogen) atoms. The molecule has 0 spiro atoms. The molecule has 1 aromatic carbocycles. The normalized spacial score (nSPS) is 19.3. The standard InChI is InChI=1S/C24H28N2O10/c1-13(27)26-11-20(36-24(26)19-8-6-18(10-25)7-9-19)22(34-16(4)30)23(35-17(5)31)21(33-15(3)29)12-32-14(2)28/h6-9,20-24H,11-12H2,1-5H3/t20-,21+,22+,23+,24+/m0/s1. The van der Waals surface area contributed by atoms with Crippen LogP contribution in [0.4, 0.5) is 0 Å². The summed E-state index contributed by atoms with van der Waals surface area (Å²) in [6.45, 7) is 5.24. The van der Waals surface area contributed by atoms with E-state index in [2.05, 4.69) is 0 Å². The number of amides is 1. The summed E-state index contributed by atoms with van der Waals surface area (Å²) in [4.78, 5) is 61.0. The zero-order valence-corrected chi connectivity index (χ0v) is 20.6. The monoisotopic (exact) mass is 504 g/mol. The highest BCUT2D eigenvalue weighted by Crippen LogP contribution is 2.34. The summed E-state index contributed by atoms with van der Waals surface area (Å²) in [5.41, 5.74) is 0.957. The van der Waals surface area contributed by atoms with Crippen LogP contribution in [0.5, 0.6) is 0 Å². The lowest BCUT2D eigenvalue weighted by atomic mass is 10.0. The molecule has 0 aromatic heterocycles. The van der Waals surface area contributed by atoms with Crippen LogP contribution in [0.1, 0.15) is 52.0 Å². The maximum atomic E-state index is 12.4. The summed E-state index contributed by atoms with van der Waals surface area (Å²) in [6.07, 6.45) is -6.07. The summed E-state index contributed by atoms with van der Waals surface area (Å²) in [5, 5.41) is 9.06. The van der Waals surface area contributed by atoms with E-state index in [1.165, 1.54) is 11.8 Å². The van der Waals surface area contributed by atoms with Crippen molar-refractivity contribution in [3.05, 3.63) is 35.4 Å². The smallest absolute Gasteiger partial charge is 0.303 e. The predicted molar refractivity (Wildman–Crippen MR) is 119 cm³/mol. The number of carbonyl (C=O) groups is 5. The molecule has 5 atom stereocenters. The first-order valence-corrected chi connectivity index (χ1v) is 11.0. The minimum Gasteiger partial charge on any atom is -0.462 e. The molecule has 1 aromatic rings. The lowest BCUT2D eigenvalue weighted by Gasteiger charge is -2.34. The van der Waals surface area contributed by atoms with Gasteiger partial charge >= 0.3 is 23.9 Å². The van der Waals surface area contributed by atoms with Gasteiger partial charge in [-0.3, -0.25) is 24.0 Å². The molecule has 1 aliphatic rings. The van der Waals surface area contributed by atoms with Crippen molar-refractivity contribution in [1.82, 2.24) is 4.90 Å². The number of benzene rings is 1. The molecule has 1 saturated heterocycles. The van der Waals surface area contributed by atoms with Crippen LogP contribution in [-0.4, -0.2) is 72.3 Å². The van der Waals surface area contributed by atoms with E-state index >= 15 is 0 Å². The van der Waals surface area contributed by atoms with E-state index in [-0.39, 0.29) is 12.5 Å². The highest BCUT2D eigenvalue weighted by atomic mass is 16.6. The summed E-state index contributed by atoms with van der Waals surface area (Å²) < 4.78 is 27.2. The van der Waals surface area contributed by atoms with Crippen molar-refractivity contribution in [3.63, 3.8) is 0 Å². The zero-order valence-electron chi connectivity index (χ0n) is 20.6. The Balaban J connectivity index is 2.48. The number of carbonyl (C=O) groups excluding carboxylic acids is 5. The van der Waals surface area contributed by atoms with E-state index in [4.69, 9.17) is 28.9 Å². The number of nitriles is 1. The predicted octanol–water partition coefficient (Wildman–Crippen LogP) is 1.16. The molecule has 0 aliphatic carbocycles. The summed E-state index contributed by atoms with van der Waals surface area (Å²) in [5.74, 6) is -3.35. The molecular formula is C24H28N2O10. The molecule has 1 heterocycles. The third-order valence-corrected chi connectivity index (χ3v) is 5.12. The Labute approximate surface area is 208 Å². The largest absolute Gasteiger partial charge is 0.462 e. The molecule has 0 radical (unpaired) electrons. The van der Waals surface area contributed by atoms with Crippen molar-refractivity contribution in [2.24, 2.45) is 0 Å². The average Bonchev–Trinajstić information content (AvgIpc) is 3.24. The van der Waals surface area contributed by atoms with Crippen molar-refractivity contribution in [3.8, 4) is 6.07 Å². The van der Waals surface area contributed by atoms with Gasteiger partial charge in [0.1, 0.15) is 12.7 Å². The Morgan fingerprint density at radius 3 is 2.00 bits per heavy atom. The van der Waals surface area contributed by atoms with Crippen LogP contribution in [-0.2, 0) is 47.7 Å². The SMILES string of the molecule is CC(=O)OC[C@@H](OC(C)=O)[C@@H](OC(C)=O)[C@H](OC(C)=O)[C@@H]1CN(C(C)=O)[C@@H](c2ccc(C#N)cc2)O1. The van der Waals surface area contributed by atoms with Crippen LogP contribution in [0, 0.1) is 11.3 Å². The van der Waals surface area contributed by atoms with Crippen LogP contribution >= 0.6 is 0 Å². The third kappa shape index (κ3) is 7.78. The summed E-state index contributed by atoms with van der Waals surface area (Å²) >= 11 is 0. The second-order valence-electron chi connectivity index (χ2n) is 8.03. The van der Waals surface area contributed by atoms with Crippen molar-refractivity contribution in [1.29, 1.82) is 5.26 Å². The fourth-order valence-corrected chi connectivity index (χ4v) is 3.73. The molecule has 0 N–H and O–H groups in total. The minimum absolute atomic E-state index is 0.0733. The second-order valence-corrected chi connectivity index (χ2v) is 8.03. The number of nitrogens with zero attached hydrogens (tertiary/aromatic N) is 2. The highest BCUT2D eigenvalue weighted by molar-refractivity contribution is 5.74. The lowest BCUT2D eigenvalue weighted by molar-refractivity contribution is -0.200. The Kier molecular flexibility index (Phi) is 9.93. The minimum atomic E-state index is -1.44. The third-order valence-electron chi connectivity index (χ3n) is 5.12. The Hall–Kier alpha value is -3.98. The van der Waals surface area contributed by atoms with Crippen molar-refractivity contribution in [2.45, 2.75) is 65.3 Å². The van der Waals surface area contributed by atoms with E-state index in [0.717, 1.165) is 27.7 Å². The van der Waals surface area contributed by atoms with E-state index in [0.29, 0.717) is 11.1 Å². The van der Waals surface area contributed by atoms with E-state index in [9.17, 15) is 24.0 Å². The van der Waals surface area contributed by atoms with Crippen LogP contribution in [0.2, 0.25) is 0 Å². The van der Waals surface area contributed by atoms with Crippen LogP contribution < -0.4 is 0 Å². The van der Waals surface area contributed by atoms with Gasteiger partial charge in [-0.25, -0.2) is 0 Å². The molecule has 1 fully saturated rings. The number of hydrogen-bond donors (Lipinski definition) is 0. The Morgan fingerprint density at radius 2 is 1.53 bits per heavy atom. The molecule has 0 bridgehead atoms. The highest BCUT2D eigenvalue weighted by Gasteiger charge is 2.48. The van der Waals surface area contributed by atoms with Gasteiger partial charge in [-0.1, -0.05) is 12.1 Å². The van der Waals surface area contributed by atoms with E-state index in [1.54, 1.807) is 24.3 Å². The maximum Gasteiger partial charge on any atom is 0.303 e. The molecule has 12 heteroatoms. The fraction of sp³-hybridized carbons (Fsp3) is 0.500. The van der Waals surface area contributed by atoms with Gasteiger partial charge in [-0.15, -0.1) is 0 Å². The maximum absolute atomic E-state index is 12.4. The molecule has 2 rings (SSSR count). The number of esters is 4. The molecule has 194 valence electrons. The van der Waals surface area contributed by atoms with Gasteiger partial charge in [-0.05, 0) is 12.1 Å². The average molecular weight is 504 g/mol. The van der Waals surface area contributed by atoms with E-state index in [1.807, 2.05) is 6.07 Å². The Morgan fingerprint density at radius 1 is 0.944 bits per heavy atom. The van der Waals surface area contributed by atoms with Crippen LogP contribution in [0.3, 0.4) is 0 Å². The van der Waals surface area contributed by atoms with Gasteiger partial charge < -0.3 is 28.6 Å². The topological polar surface area (TPSA) is 159 Å². The van der Waals surface area contributed by atoms with Gasteiger partial charge in [0.05, 0.1) is 18.2 Å². The molecule has 1 aliphatic heterocycles. The summed E-state index contributed by atoms with van der Waals surface area (Å²) in [7, 11) is 0. The number of rotatable bonds is 9. The first-order valence-electron chi connectivity index (χ1n) is 11.0. The van der Waals surface area contributed by atoms with Gasteiger partial charge in [0, 0.05) is 40.2 Å². The molecule has 0 unspecified atom stereocenters. The molecule has 0 saturated carbocycles. The molecule has 12 nitrogen and oxygen atoms in total. The second kappa shape index (κ2) is 12.6. The summed E-state index contributed by atoms with van der Waals surface area (Å²) in [6, 6.07) is 8.36. The van der Waals surface area contributed by atoms with Crippen LogP contribution in [0.25, 0.3) is 0 Å². The fourth-order valence-electron chi connectivity index (χ4n) is 3.73. The van der Waals surface area contributed by atoms with Crippen molar-refractivity contribution >= 4 is 29.8 Å². The zero-order chi connectivity index (χ0) is 27.0. The van der Waals surface area contributed by atoms with Gasteiger partial charge in [0.25, 0.3) is 0 Å². The number of hydrogen-bond acceptors (Lipinski definition) is 11. The quantitative estimate of drug-likeness (QED) is 0.351. The van der Waals surface area contributed by atoms with Gasteiger partial charge in [0.2, 0.25) is 5.91 Å². The van der Waals surface area contributed by atoms with Crippen LogP contribution in [0.15, 0.2) is 24.3 Å². The lowest BCUT2D eigenvalue weighted by Crippen LogP contribution is -2.53. The first kappa shape index (κ1) is 28.3.